The molecular formula is C14H21N5O. The Morgan fingerprint density at radius 1 is 1.45 bits per heavy atom. The van der Waals surface area contributed by atoms with E-state index in [-0.39, 0.29) is 0 Å². The molecule has 3 rings (SSSR count). The van der Waals surface area contributed by atoms with Gasteiger partial charge in [-0.1, -0.05) is 5.16 Å². The molecule has 1 fully saturated rings. The summed E-state index contributed by atoms with van der Waals surface area (Å²) < 4.78 is 7.38. The number of nitrogens with zero attached hydrogens (tertiary/aromatic N) is 5. The Labute approximate surface area is 118 Å². The van der Waals surface area contributed by atoms with Crippen LogP contribution < -0.4 is 0 Å². The van der Waals surface area contributed by atoms with Gasteiger partial charge in [-0.05, 0) is 39.8 Å². The summed E-state index contributed by atoms with van der Waals surface area (Å²) in [4.78, 5) is 6.78. The molecule has 1 atom stereocenters. The van der Waals surface area contributed by atoms with Gasteiger partial charge in [0.05, 0.1) is 11.6 Å². The fraction of sp³-hybridized carbons (Fsp3) is 0.643. The van der Waals surface area contributed by atoms with Gasteiger partial charge in [0.1, 0.15) is 0 Å². The van der Waals surface area contributed by atoms with E-state index in [0.717, 1.165) is 37.8 Å². The zero-order chi connectivity index (χ0) is 14.1. The van der Waals surface area contributed by atoms with E-state index >= 15 is 0 Å². The van der Waals surface area contributed by atoms with Crippen LogP contribution in [0.5, 0.6) is 0 Å². The first-order valence-electron chi connectivity index (χ1n) is 7.18. The van der Waals surface area contributed by atoms with Crippen molar-refractivity contribution < 1.29 is 4.52 Å². The van der Waals surface area contributed by atoms with Crippen LogP contribution in [0.2, 0.25) is 0 Å². The van der Waals surface area contributed by atoms with E-state index in [9.17, 15) is 0 Å². The molecule has 1 aliphatic rings. The van der Waals surface area contributed by atoms with E-state index in [1.165, 1.54) is 5.69 Å². The highest BCUT2D eigenvalue weighted by Gasteiger charge is 2.28. The lowest BCUT2D eigenvalue weighted by Crippen LogP contribution is -2.22. The van der Waals surface area contributed by atoms with Crippen molar-refractivity contribution in [1.29, 1.82) is 0 Å². The highest BCUT2D eigenvalue weighted by molar-refractivity contribution is 5.04. The van der Waals surface area contributed by atoms with Gasteiger partial charge in [-0.3, -0.25) is 9.58 Å². The second kappa shape index (κ2) is 5.36. The molecule has 2 aromatic rings. The monoisotopic (exact) mass is 275 g/mol. The van der Waals surface area contributed by atoms with Gasteiger partial charge in [0.2, 0.25) is 5.89 Å². The number of hydrogen-bond donors (Lipinski definition) is 0. The molecule has 0 amide bonds. The van der Waals surface area contributed by atoms with Crippen molar-refractivity contribution >= 4 is 0 Å². The molecule has 6 heteroatoms. The number of rotatable bonds is 4. The molecule has 6 nitrogen and oxygen atoms in total. The summed E-state index contributed by atoms with van der Waals surface area (Å²) in [6.45, 7) is 9.15. The molecule has 2 aromatic heterocycles. The first kappa shape index (κ1) is 13.3. The van der Waals surface area contributed by atoms with E-state index in [4.69, 9.17) is 4.52 Å². The van der Waals surface area contributed by atoms with E-state index in [0.29, 0.717) is 12.0 Å². The molecule has 0 spiro atoms. The topological polar surface area (TPSA) is 60.0 Å². The van der Waals surface area contributed by atoms with E-state index in [2.05, 4.69) is 44.7 Å². The summed E-state index contributed by atoms with van der Waals surface area (Å²) in [5.74, 6) is 1.87. The van der Waals surface area contributed by atoms with Gasteiger partial charge in [-0.15, -0.1) is 0 Å². The first-order chi connectivity index (χ1) is 9.63. The molecule has 20 heavy (non-hydrogen) atoms. The van der Waals surface area contributed by atoms with E-state index in [1.807, 2.05) is 13.1 Å². The fourth-order valence-corrected chi connectivity index (χ4v) is 2.82. The molecule has 1 unspecified atom stereocenters. The lowest BCUT2D eigenvalue weighted by atomic mass is 10.1. The molecule has 0 saturated carbocycles. The number of likely N-dealkylation sites (tertiary alicyclic amines) is 1. The lowest BCUT2D eigenvalue weighted by Gasteiger charge is -2.17. The Bertz CT molecular complexity index is 574. The summed E-state index contributed by atoms with van der Waals surface area (Å²) >= 11 is 0. The van der Waals surface area contributed by atoms with Crippen molar-refractivity contribution in [1.82, 2.24) is 24.8 Å². The Kier molecular flexibility index (Phi) is 3.56. The Morgan fingerprint density at radius 3 is 3.00 bits per heavy atom. The molecular weight excluding hydrogens is 254 g/mol. The van der Waals surface area contributed by atoms with Crippen LogP contribution in [-0.2, 0) is 6.54 Å². The Hall–Kier alpha value is -1.69. The van der Waals surface area contributed by atoms with Crippen molar-refractivity contribution in [3.05, 3.63) is 29.7 Å². The zero-order valence-corrected chi connectivity index (χ0v) is 12.3. The highest BCUT2D eigenvalue weighted by atomic mass is 16.5. The third-order valence-electron chi connectivity index (χ3n) is 3.79. The highest BCUT2D eigenvalue weighted by Crippen LogP contribution is 2.27. The Morgan fingerprint density at radius 2 is 2.30 bits per heavy atom. The summed E-state index contributed by atoms with van der Waals surface area (Å²) in [6, 6.07) is 2.50. The summed E-state index contributed by atoms with van der Waals surface area (Å²) in [5.41, 5.74) is 1.27. The smallest absolute Gasteiger partial charge is 0.231 e. The average molecular weight is 275 g/mol. The minimum atomic E-state index is 0.367. The predicted octanol–water partition coefficient (Wildman–Crippen LogP) is 2.14. The largest absolute Gasteiger partial charge is 0.339 e. The molecule has 1 saturated heterocycles. The summed E-state index contributed by atoms with van der Waals surface area (Å²) in [5, 5.41) is 8.27. The van der Waals surface area contributed by atoms with E-state index in [1.54, 1.807) is 0 Å². The molecule has 0 aromatic carbocycles. The maximum atomic E-state index is 5.29. The minimum absolute atomic E-state index is 0.367. The SMILES string of the molecule is Cc1noc(C2CCN(Cc3ccnn3C(C)C)C2)n1. The van der Waals surface area contributed by atoms with Gasteiger partial charge in [-0.2, -0.15) is 10.1 Å². The third kappa shape index (κ3) is 2.60. The van der Waals surface area contributed by atoms with Crippen LogP contribution in [0.3, 0.4) is 0 Å². The van der Waals surface area contributed by atoms with Gasteiger partial charge >= 0.3 is 0 Å². The second-order valence-corrected chi connectivity index (χ2v) is 5.76. The average Bonchev–Trinajstić information content (AvgIpc) is 3.09. The van der Waals surface area contributed by atoms with Crippen LogP contribution in [0.4, 0.5) is 0 Å². The molecule has 108 valence electrons. The zero-order valence-electron chi connectivity index (χ0n) is 12.3. The van der Waals surface area contributed by atoms with Crippen molar-refractivity contribution in [2.45, 2.75) is 45.7 Å². The van der Waals surface area contributed by atoms with Gasteiger partial charge in [0.15, 0.2) is 5.82 Å². The van der Waals surface area contributed by atoms with Crippen LogP contribution in [0, 0.1) is 6.92 Å². The predicted molar refractivity (Wildman–Crippen MR) is 74.3 cm³/mol. The summed E-state index contributed by atoms with van der Waals surface area (Å²) in [7, 11) is 0. The molecule has 3 heterocycles. The van der Waals surface area contributed by atoms with Crippen LogP contribution >= 0.6 is 0 Å². The Balaban J connectivity index is 1.64. The number of hydrogen-bond acceptors (Lipinski definition) is 5. The van der Waals surface area contributed by atoms with Crippen molar-refractivity contribution in [2.75, 3.05) is 13.1 Å². The first-order valence-corrected chi connectivity index (χ1v) is 7.18. The molecule has 1 aliphatic heterocycles. The van der Waals surface area contributed by atoms with Crippen LogP contribution in [0.15, 0.2) is 16.8 Å². The van der Waals surface area contributed by atoms with Crippen LogP contribution in [0.1, 0.15) is 49.6 Å². The van der Waals surface area contributed by atoms with Crippen molar-refractivity contribution in [2.24, 2.45) is 0 Å². The molecule has 0 N–H and O–H groups in total. The molecule has 0 bridgehead atoms. The third-order valence-corrected chi connectivity index (χ3v) is 3.79. The quantitative estimate of drug-likeness (QED) is 0.855. The van der Waals surface area contributed by atoms with Gasteiger partial charge in [-0.25, -0.2) is 0 Å². The van der Waals surface area contributed by atoms with Crippen molar-refractivity contribution in [3.8, 4) is 0 Å². The van der Waals surface area contributed by atoms with Gasteiger partial charge in [0.25, 0.3) is 0 Å². The van der Waals surface area contributed by atoms with E-state index < -0.39 is 0 Å². The van der Waals surface area contributed by atoms with Crippen LogP contribution in [0.25, 0.3) is 0 Å². The maximum absolute atomic E-state index is 5.29. The minimum Gasteiger partial charge on any atom is -0.339 e. The number of aryl methyl sites for hydroxylation is 1. The summed E-state index contributed by atoms with van der Waals surface area (Å²) in [6.07, 6.45) is 2.96. The van der Waals surface area contributed by atoms with Gasteiger partial charge < -0.3 is 4.52 Å². The second-order valence-electron chi connectivity index (χ2n) is 5.76. The van der Waals surface area contributed by atoms with Gasteiger partial charge in [0, 0.05) is 25.3 Å². The normalized spacial score (nSPS) is 20.1. The van der Waals surface area contributed by atoms with Crippen LogP contribution in [-0.4, -0.2) is 37.9 Å². The molecule has 0 aliphatic carbocycles. The van der Waals surface area contributed by atoms with Crippen molar-refractivity contribution in [3.63, 3.8) is 0 Å². The number of aromatic nitrogens is 4. The standard InChI is InChI=1S/C14H21N5O/c1-10(2)19-13(4-6-15-19)9-18-7-5-12(8-18)14-16-11(3)17-20-14/h4,6,10,12H,5,7-9H2,1-3H3. The fourth-order valence-electron chi connectivity index (χ4n) is 2.82. The lowest BCUT2D eigenvalue weighted by molar-refractivity contribution is 0.297. The maximum Gasteiger partial charge on any atom is 0.231 e. The molecule has 0 radical (unpaired) electrons.